The minimum absolute atomic E-state index is 0.00243. The fourth-order valence-electron chi connectivity index (χ4n) is 5.08. The SMILES string of the molecule is CCC1C(C)CC(c2ccncc2NC(=O)c2ccc(F)c(-c3c(F)cccc3P)n2)CC1O. The zero-order valence-corrected chi connectivity index (χ0v) is 20.3. The Morgan fingerprint density at radius 2 is 1.97 bits per heavy atom. The predicted octanol–water partition coefficient (Wildman–Crippen LogP) is 5.08. The van der Waals surface area contributed by atoms with Crippen LogP contribution in [0.4, 0.5) is 14.5 Å². The van der Waals surface area contributed by atoms with Gasteiger partial charge in [0.25, 0.3) is 5.91 Å². The molecule has 0 bridgehead atoms. The van der Waals surface area contributed by atoms with Gasteiger partial charge in [0.2, 0.25) is 0 Å². The molecule has 0 radical (unpaired) electrons. The third kappa shape index (κ3) is 4.86. The Bertz CT molecular complexity index is 1170. The average Bonchev–Trinajstić information content (AvgIpc) is 2.80. The minimum Gasteiger partial charge on any atom is -0.393 e. The molecule has 0 saturated heterocycles. The molecule has 2 aromatic heterocycles. The molecule has 178 valence electrons. The number of hydrogen-bond donors (Lipinski definition) is 2. The highest BCUT2D eigenvalue weighted by atomic mass is 31.0. The van der Waals surface area contributed by atoms with Gasteiger partial charge in [0.05, 0.1) is 18.0 Å². The van der Waals surface area contributed by atoms with E-state index in [0.29, 0.717) is 23.3 Å². The van der Waals surface area contributed by atoms with Crippen LogP contribution in [0.1, 0.15) is 55.1 Å². The van der Waals surface area contributed by atoms with Gasteiger partial charge in [-0.25, -0.2) is 13.8 Å². The number of benzene rings is 1. The molecule has 0 spiro atoms. The van der Waals surface area contributed by atoms with Crippen molar-refractivity contribution >= 4 is 26.1 Å². The van der Waals surface area contributed by atoms with E-state index in [0.717, 1.165) is 24.5 Å². The Hall–Kier alpha value is -2.76. The number of nitrogens with one attached hydrogen (secondary N) is 1. The van der Waals surface area contributed by atoms with Crippen molar-refractivity contribution in [2.75, 3.05) is 5.32 Å². The lowest BCUT2D eigenvalue weighted by atomic mass is 9.70. The first-order chi connectivity index (χ1) is 16.3. The van der Waals surface area contributed by atoms with Gasteiger partial charge in [0.1, 0.15) is 23.0 Å². The maximum absolute atomic E-state index is 14.5. The molecule has 2 heterocycles. The van der Waals surface area contributed by atoms with Crippen LogP contribution < -0.4 is 10.6 Å². The van der Waals surface area contributed by atoms with Gasteiger partial charge >= 0.3 is 0 Å². The lowest BCUT2D eigenvalue weighted by Crippen LogP contribution is -2.34. The van der Waals surface area contributed by atoms with Gasteiger partial charge in [-0.1, -0.05) is 32.4 Å². The number of carbonyl (C=O) groups is 1. The molecular formula is C26H28F2N3O2P. The summed E-state index contributed by atoms with van der Waals surface area (Å²) in [5.74, 6) is -1.21. The molecule has 1 aromatic carbocycles. The van der Waals surface area contributed by atoms with Gasteiger partial charge in [-0.15, -0.1) is 9.24 Å². The maximum Gasteiger partial charge on any atom is 0.274 e. The lowest BCUT2D eigenvalue weighted by Gasteiger charge is -2.38. The summed E-state index contributed by atoms with van der Waals surface area (Å²) in [6.07, 6.45) is 5.26. The van der Waals surface area contributed by atoms with Crippen LogP contribution in [0.25, 0.3) is 11.3 Å². The molecule has 34 heavy (non-hydrogen) atoms. The van der Waals surface area contributed by atoms with Crippen molar-refractivity contribution in [1.82, 2.24) is 9.97 Å². The summed E-state index contributed by atoms with van der Waals surface area (Å²) in [6.45, 7) is 4.24. The van der Waals surface area contributed by atoms with E-state index in [1.807, 2.05) is 6.07 Å². The number of nitrogens with zero attached hydrogens (tertiary/aromatic N) is 2. The fraction of sp³-hybridized carbons (Fsp3) is 0.346. The Morgan fingerprint density at radius 1 is 1.18 bits per heavy atom. The van der Waals surface area contributed by atoms with E-state index in [-0.39, 0.29) is 28.8 Å². The monoisotopic (exact) mass is 483 g/mol. The van der Waals surface area contributed by atoms with Crippen molar-refractivity contribution in [2.24, 2.45) is 11.8 Å². The van der Waals surface area contributed by atoms with Gasteiger partial charge < -0.3 is 10.4 Å². The van der Waals surface area contributed by atoms with Crippen molar-refractivity contribution in [2.45, 2.75) is 45.1 Å². The van der Waals surface area contributed by atoms with E-state index in [4.69, 9.17) is 0 Å². The van der Waals surface area contributed by atoms with Crippen LogP contribution in [-0.4, -0.2) is 27.1 Å². The molecule has 1 fully saturated rings. The first kappa shape index (κ1) is 24.4. The van der Waals surface area contributed by atoms with Crippen LogP contribution in [-0.2, 0) is 0 Å². The molecule has 1 amide bonds. The van der Waals surface area contributed by atoms with Gasteiger partial charge in [-0.05, 0) is 65.7 Å². The summed E-state index contributed by atoms with van der Waals surface area (Å²) in [6, 6.07) is 8.61. The molecule has 4 rings (SSSR count). The van der Waals surface area contributed by atoms with Crippen LogP contribution in [0.15, 0.2) is 48.8 Å². The Kier molecular flexibility index (Phi) is 7.34. The van der Waals surface area contributed by atoms with E-state index in [2.05, 4.69) is 38.4 Å². The molecular weight excluding hydrogens is 455 g/mol. The molecule has 5 nitrogen and oxygen atoms in total. The Balaban J connectivity index is 1.62. The molecule has 8 heteroatoms. The number of rotatable bonds is 5. The number of pyridine rings is 2. The Morgan fingerprint density at radius 3 is 2.68 bits per heavy atom. The summed E-state index contributed by atoms with van der Waals surface area (Å²) in [7, 11) is 2.36. The van der Waals surface area contributed by atoms with Gasteiger partial charge in [0.15, 0.2) is 0 Å². The van der Waals surface area contributed by atoms with Crippen LogP contribution >= 0.6 is 9.24 Å². The van der Waals surface area contributed by atoms with Crippen molar-refractivity contribution in [3.8, 4) is 11.3 Å². The third-order valence-electron chi connectivity index (χ3n) is 6.78. The number of aliphatic hydroxyl groups is 1. The summed E-state index contributed by atoms with van der Waals surface area (Å²) in [5, 5.41) is 13.9. The molecule has 1 saturated carbocycles. The summed E-state index contributed by atoms with van der Waals surface area (Å²) in [5.41, 5.74) is 1.15. The number of amides is 1. The smallest absolute Gasteiger partial charge is 0.274 e. The number of carbonyl (C=O) groups excluding carboxylic acids is 1. The molecule has 5 atom stereocenters. The lowest BCUT2D eigenvalue weighted by molar-refractivity contribution is 0.0267. The largest absolute Gasteiger partial charge is 0.393 e. The molecule has 5 unspecified atom stereocenters. The second kappa shape index (κ2) is 10.2. The molecule has 2 N–H and O–H groups in total. The first-order valence-electron chi connectivity index (χ1n) is 11.4. The van der Waals surface area contributed by atoms with Crippen LogP contribution in [0, 0.1) is 23.5 Å². The van der Waals surface area contributed by atoms with Gasteiger partial charge in [-0.2, -0.15) is 0 Å². The second-order valence-corrected chi connectivity index (χ2v) is 9.56. The van der Waals surface area contributed by atoms with Crippen molar-refractivity contribution in [1.29, 1.82) is 0 Å². The Labute approximate surface area is 200 Å². The fourth-order valence-corrected chi connectivity index (χ4v) is 5.47. The third-order valence-corrected chi connectivity index (χ3v) is 7.26. The predicted molar refractivity (Wildman–Crippen MR) is 132 cm³/mol. The topological polar surface area (TPSA) is 75.1 Å². The van der Waals surface area contributed by atoms with E-state index < -0.39 is 23.6 Å². The van der Waals surface area contributed by atoms with Crippen LogP contribution in [0.2, 0.25) is 0 Å². The van der Waals surface area contributed by atoms with E-state index >= 15 is 0 Å². The molecule has 3 aromatic rings. The van der Waals surface area contributed by atoms with Crippen molar-refractivity contribution in [3.63, 3.8) is 0 Å². The summed E-state index contributed by atoms with van der Waals surface area (Å²) in [4.78, 5) is 21.4. The molecule has 1 aliphatic carbocycles. The normalized spacial score (nSPS) is 22.4. The van der Waals surface area contributed by atoms with Crippen LogP contribution in [0.5, 0.6) is 0 Å². The second-order valence-electron chi connectivity index (χ2n) is 8.93. The van der Waals surface area contributed by atoms with Crippen molar-refractivity contribution in [3.05, 3.63) is 71.7 Å². The van der Waals surface area contributed by atoms with Gasteiger partial charge in [-0.3, -0.25) is 9.78 Å². The van der Waals surface area contributed by atoms with E-state index in [9.17, 15) is 18.7 Å². The van der Waals surface area contributed by atoms with Gasteiger partial charge in [0, 0.05) is 11.8 Å². The number of aromatic nitrogens is 2. The highest BCUT2D eigenvalue weighted by molar-refractivity contribution is 7.28. The van der Waals surface area contributed by atoms with Crippen LogP contribution in [0.3, 0.4) is 0 Å². The number of hydrogen-bond acceptors (Lipinski definition) is 4. The quantitative estimate of drug-likeness (QED) is 0.497. The number of aliphatic hydroxyl groups excluding tert-OH is 1. The number of halogens is 2. The van der Waals surface area contributed by atoms with Crippen molar-refractivity contribution < 1.29 is 18.7 Å². The maximum atomic E-state index is 14.5. The zero-order valence-electron chi connectivity index (χ0n) is 19.1. The van der Waals surface area contributed by atoms with E-state index in [1.54, 1.807) is 18.5 Å². The average molecular weight is 483 g/mol. The number of anilines is 1. The molecule has 1 aliphatic rings. The highest BCUT2D eigenvalue weighted by Gasteiger charge is 2.35. The zero-order chi connectivity index (χ0) is 24.4. The minimum atomic E-state index is -0.719. The summed E-state index contributed by atoms with van der Waals surface area (Å²) >= 11 is 0. The van der Waals surface area contributed by atoms with E-state index in [1.165, 1.54) is 18.2 Å². The standard InChI is InChI=1S/C26H28F2N3O2P/c1-3-16-14(2)11-15(12-22(16)32)17-9-10-29-13-21(17)31-26(33)20-8-7-19(28)25(30-20)24-18(27)5-4-6-23(24)34/h4-10,13-16,22,32H,3,11-12,34H2,1-2H3,(H,31,33). The molecule has 0 aliphatic heterocycles. The highest BCUT2D eigenvalue weighted by Crippen LogP contribution is 2.42. The first-order valence-corrected chi connectivity index (χ1v) is 12.0. The summed E-state index contributed by atoms with van der Waals surface area (Å²) < 4.78 is 29.0.